The van der Waals surface area contributed by atoms with Crippen LogP contribution in [0.3, 0.4) is 0 Å². The molecule has 2 unspecified atom stereocenters. The highest BCUT2D eigenvalue weighted by Gasteiger charge is 2.29. The lowest BCUT2D eigenvalue weighted by Gasteiger charge is -2.22. The van der Waals surface area contributed by atoms with Crippen molar-refractivity contribution in [3.05, 3.63) is 35.9 Å². The van der Waals surface area contributed by atoms with E-state index in [4.69, 9.17) is 18.9 Å². The normalized spacial score (nSPS) is 14.5. The summed E-state index contributed by atoms with van der Waals surface area (Å²) < 4.78 is 28.2. The van der Waals surface area contributed by atoms with Crippen LogP contribution in [0.5, 0.6) is 0 Å². The summed E-state index contributed by atoms with van der Waals surface area (Å²) in [7, 11) is 1.45. The summed E-state index contributed by atoms with van der Waals surface area (Å²) >= 11 is 1.01. The monoisotopic (exact) mass is 421 g/mol. The molecule has 8 nitrogen and oxygen atoms in total. The molecular weight excluding hydrogens is 393 g/mol. The molecule has 0 aliphatic heterocycles. The minimum absolute atomic E-state index is 0.0784. The Hall–Kier alpha value is -0.930. The molecule has 0 heterocycles. The van der Waals surface area contributed by atoms with Gasteiger partial charge < -0.3 is 20.3 Å². The number of aliphatic hydroxyl groups is 2. The van der Waals surface area contributed by atoms with Gasteiger partial charge in [-0.25, -0.2) is 4.57 Å². The molecule has 10 heteroatoms. The molecular formula is C17H28NO7PS. The third-order valence-corrected chi connectivity index (χ3v) is 7.23. The van der Waals surface area contributed by atoms with Gasteiger partial charge >= 0.3 is 6.80 Å². The Kier molecular flexibility index (Phi) is 12.6. The van der Waals surface area contributed by atoms with Gasteiger partial charge in [-0.2, -0.15) is 0 Å². The van der Waals surface area contributed by atoms with Gasteiger partial charge in [-0.3, -0.25) is 13.8 Å². The first-order valence-electron chi connectivity index (χ1n) is 8.66. The molecule has 0 radical (unpaired) electrons. The molecule has 2 atom stereocenters. The summed E-state index contributed by atoms with van der Waals surface area (Å²) in [5.41, 5.74) is 0.607. The fourth-order valence-electron chi connectivity index (χ4n) is 2.03. The first-order valence-corrected chi connectivity index (χ1v) is 11.8. The Morgan fingerprint density at radius 2 is 2.00 bits per heavy atom. The second-order valence-electron chi connectivity index (χ2n) is 5.53. The standard InChI is InChI=1S/C17H28NO7PS/c1-23-14-16(13-20)25-26(22,24-11-10-19)27-12-6-5-9-18-17(21)15-7-3-2-4-8-15/h2-4,7-8,16,19-20H,5-6,9-14H2,1H3,(H,18,21). The van der Waals surface area contributed by atoms with Crippen molar-refractivity contribution in [2.24, 2.45) is 0 Å². The first kappa shape index (κ1) is 24.1. The molecule has 0 bridgehead atoms. The van der Waals surface area contributed by atoms with Crippen LogP contribution in [0.4, 0.5) is 0 Å². The molecule has 0 aromatic heterocycles. The topological polar surface area (TPSA) is 114 Å². The molecule has 3 N–H and O–H groups in total. The highest BCUT2D eigenvalue weighted by molar-refractivity contribution is 8.55. The van der Waals surface area contributed by atoms with E-state index < -0.39 is 12.9 Å². The Morgan fingerprint density at radius 1 is 1.26 bits per heavy atom. The molecule has 1 amide bonds. The van der Waals surface area contributed by atoms with Crippen LogP contribution in [0, 0.1) is 0 Å². The number of hydrogen-bond acceptors (Lipinski definition) is 8. The van der Waals surface area contributed by atoms with E-state index in [9.17, 15) is 14.5 Å². The number of benzene rings is 1. The van der Waals surface area contributed by atoms with Crippen molar-refractivity contribution in [1.82, 2.24) is 5.32 Å². The van der Waals surface area contributed by atoms with Crippen LogP contribution >= 0.6 is 18.2 Å². The maximum atomic E-state index is 12.7. The van der Waals surface area contributed by atoms with Crippen molar-refractivity contribution in [3.8, 4) is 0 Å². The second kappa shape index (κ2) is 14.1. The molecule has 1 aromatic rings. The van der Waals surface area contributed by atoms with Gasteiger partial charge in [-0.15, -0.1) is 0 Å². The van der Waals surface area contributed by atoms with Crippen LogP contribution in [-0.4, -0.2) is 68.1 Å². The predicted molar refractivity (Wildman–Crippen MR) is 105 cm³/mol. The van der Waals surface area contributed by atoms with Gasteiger partial charge in [0.1, 0.15) is 6.10 Å². The van der Waals surface area contributed by atoms with E-state index in [2.05, 4.69) is 5.32 Å². The van der Waals surface area contributed by atoms with E-state index in [-0.39, 0.29) is 32.3 Å². The van der Waals surface area contributed by atoms with E-state index in [1.165, 1.54) is 7.11 Å². The number of rotatable bonds is 15. The minimum atomic E-state index is -3.52. The highest BCUT2D eigenvalue weighted by atomic mass is 32.7. The van der Waals surface area contributed by atoms with Crippen molar-refractivity contribution < 1.29 is 33.4 Å². The van der Waals surface area contributed by atoms with Gasteiger partial charge in [-0.1, -0.05) is 18.2 Å². The lowest BCUT2D eigenvalue weighted by atomic mass is 10.2. The molecule has 154 valence electrons. The van der Waals surface area contributed by atoms with Crippen LogP contribution < -0.4 is 5.32 Å². The molecule has 0 aliphatic rings. The summed E-state index contributed by atoms with van der Waals surface area (Å²) in [6.07, 6.45) is 0.619. The van der Waals surface area contributed by atoms with Gasteiger partial charge in [-0.05, 0) is 36.4 Å². The van der Waals surface area contributed by atoms with Crippen LogP contribution in [0.2, 0.25) is 0 Å². The molecule has 1 rings (SSSR count). The smallest absolute Gasteiger partial charge is 0.389 e. The zero-order valence-electron chi connectivity index (χ0n) is 15.4. The van der Waals surface area contributed by atoms with Gasteiger partial charge in [0.15, 0.2) is 0 Å². The Balaban J connectivity index is 2.33. The zero-order valence-corrected chi connectivity index (χ0v) is 17.1. The van der Waals surface area contributed by atoms with Crippen molar-refractivity contribution in [3.63, 3.8) is 0 Å². The summed E-state index contributed by atoms with van der Waals surface area (Å²) in [6, 6.07) is 8.95. The average Bonchev–Trinajstić information content (AvgIpc) is 2.69. The maximum Gasteiger partial charge on any atom is 0.389 e. The zero-order chi connectivity index (χ0) is 20.0. The second-order valence-corrected chi connectivity index (χ2v) is 9.68. The number of hydrogen-bond donors (Lipinski definition) is 3. The maximum absolute atomic E-state index is 12.7. The van der Waals surface area contributed by atoms with E-state index in [1.807, 2.05) is 6.07 Å². The number of carbonyl (C=O) groups excluding carboxylic acids is 1. The molecule has 1 aromatic carbocycles. The third kappa shape index (κ3) is 10.3. The molecule has 0 saturated carbocycles. The Morgan fingerprint density at radius 3 is 2.63 bits per heavy atom. The Bertz CT molecular complexity index is 576. The van der Waals surface area contributed by atoms with E-state index in [0.717, 1.165) is 11.4 Å². The SMILES string of the molecule is COCC(CO)OP(=O)(OCCO)SCCCCNC(=O)c1ccccc1. The number of unbranched alkanes of at least 4 members (excludes halogenated alkanes) is 1. The Labute approximate surface area is 163 Å². The molecule has 0 spiro atoms. The summed E-state index contributed by atoms with van der Waals surface area (Å²) in [4.78, 5) is 11.9. The molecule has 27 heavy (non-hydrogen) atoms. The quantitative estimate of drug-likeness (QED) is 0.291. The summed E-state index contributed by atoms with van der Waals surface area (Å²) in [6.45, 7) is -3.71. The van der Waals surface area contributed by atoms with Gasteiger partial charge in [0.05, 0.1) is 26.4 Å². The largest absolute Gasteiger partial charge is 0.394 e. The molecule has 0 aliphatic carbocycles. The van der Waals surface area contributed by atoms with Crippen molar-refractivity contribution in [1.29, 1.82) is 0 Å². The van der Waals surface area contributed by atoms with E-state index in [1.54, 1.807) is 24.3 Å². The van der Waals surface area contributed by atoms with Gasteiger partial charge in [0.25, 0.3) is 5.91 Å². The molecule has 0 saturated heterocycles. The number of amides is 1. The van der Waals surface area contributed by atoms with Crippen molar-refractivity contribution in [2.45, 2.75) is 18.9 Å². The summed E-state index contributed by atoms with van der Waals surface area (Å²) in [5.74, 6) is 0.351. The van der Waals surface area contributed by atoms with Gasteiger partial charge in [0.2, 0.25) is 0 Å². The van der Waals surface area contributed by atoms with Crippen LogP contribution in [-0.2, 0) is 18.3 Å². The number of ether oxygens (including phenoxy) is 1. The third-order valence-electron chi connectivity index (χ3n) is 3.32. The van der Waals surface area contributed by atoms with Crippen LogP contribution in [0.15, 0.2) is 30.3 Å². The number of methoxy groups -OCH3 is 1. The van der Waals surface area contributed by atoms with Crippen molar-refractivity contribution in [2.75, 3.05) is 45.8 Å². The van der Waals surface area contributed by atoms with Crippen molar-refractivity contribution >= 4 is 24.1 Å². The fraction of sp³-hybridized carbons (Fsp3) is 0.588. The van der Waals surface area contributed by atoms with E-state index >= 15 is 0 Å². The fourth-order valence-corrected chi connectivity index (χ4v) is 5.64. The van der Waals surface area contributed by atoms with Gasteiger partial charge in [0, 0.05) is 25.0 Å². The first-order chi connectivity index (χ1) is 13.0. The number of carbonyl (C=O) groups is 1. The number of nitrogens with one attached hydrogen (secondary N) is 1. The average molecular weight is 421 g/mol. The lowest BCUT2D eigenvalue weighted by Crippen LogP contribution is -2.24. The predicted octanol–water partition coefficient (Wildman–Crippen LogP) is 2.07. The lowest BCUT2D eigenvalue weighted by molar-refractivity contribution is 0.0318. The van der Waals surface area contributed by atoms with E-state index in [0.29, 0.717) is 30.7 Å². The van der Waals surface area contributed by atoms with Crippen LogP contribution in [0.1, 0.15) is 23.2 Å². The highest BCUT2D eigenvalue weighted by Crippen LogP contribution is 2.61. The minimum Gasteiger partial charge on any atom is -0.394 e. The molecule has 0 fully saturated rings. The number of aliphatic hydroxyl groups excluding tert-OH is 2. The van der Waals surface area contributed by atoms with Crippen LogP contribution in [0.25, 0.3) is 0 Å². The summed E-state index contributed by atoms with van der Waals surface area (Å²) in [5, 5.41) is 21.0.